The summed E-state index contributed by atoms with van der Waals surface area (Å²) in [6.45, 7) is 0.458. The van der Waals surface area contributed by atoms with Gasteiger partial charge in [-0.1, -0.05) is 17.3 Å². The minimum Gasteiger partial charge on any atom is -0.360 e. The first-order valence-electron chi connectivity index (χ1n) is 5.40. The van der Waals surface area contributed by atoms with E-state index in [-0.39, 0.29) is 18.1 Å². The van der Waals surface area contributed by atoms with E-state index in [4.69, 9.17) is 4.52 Å². The Kier molecular flexibility index (Phi) is 4.03. The molecule has 5 nitrogen and oxygen atoms in total. The van der Waals surface area contributed by atoms with Gasteiger partial charge in [-0.15, -0.1) is 0 Å². The van der Waals surface area contributed by atoms with Gasteiger partial charge in [-0.25, -0.2) is 4.39 Å². The molecule has 0 aliphatic carbocycles. The number of benzene rings is 1. The van der Waals surface area contributed by atoms with E-state index >= 15 is 0 Å². The van der Waals surface area contributed by atoms with Gasteiger partial charge in [-0.3, -0.25) is 4.79 Å². The standard InChI is InChI=1S/C12H12FN3O2/c13-10-3-1-2-4-11(10)16-12(17)8-14-7-9-5-6-15-18-9/h1-6,14H,7-8H2,(H,16,17). The van der Waals surface area contributed by atoms with Crippen molar-refractivity contribution in [2.75, 3.05) is 11.9 Å². The molecule has 1 aromatic heterocycles. The summed E-state index contributed by atoms with van der Waals surface area (Å²) >= 11 is 0. The molecule has 0 bridgehead atoms. The maximum Gasteiger partial charge on any atom is 0.238 e. The first-order valence-corrected chi connectivity index (χ1v) is 5.40. The predicted octanol–water partition coefficient (Wildman–Crippen LogP) is 1.54. The number of nitrogens with zero attached hydrogens (tertiary/aromatic N) is 1. The van der Waals surface area contributed by atoms with Crippen LogP contribution in [0.5, 0.6) is 0 Å². The van der Waals surface area contributed by atoms with Gasteiger partial charge in [0.15, 0.2) is 0 Å². The van der Waals surface area contributed by atoms with Crippen LogP contribution in [-0.4, -0.2) is 17.6 Å². The van der Waals surface area contributed by atoms with Gasteiger partial charge in [0.05, 0.1) is 25.0 Å². The Morgan fingerprint density at radius 2 is 2.17 bits per heavy atom. The first kappa shape index (κ1) is 12.3. The summed E-state index contributed by atoms with van der Waals surface area (Å²) in [7, 11) is 0. The number of hydrogen-bond acceptors (Lipinski definition) is 4. The summed E-state index contributed by atoms with van der Waals surface area (Å²) in [5.41, 5.74) is 0.170. The Hall–Kier alpha value is -2.21. The third-order valence-corrected chi connectivity index (χ3v) is 2.22. The normalized spacial score (nSPS) is 10.3. The molecule has 0 saturated heterocycles. The summed E-state index contributed by atoms with van der Waals surface area (Å²) in [5, 5.41) is 8.86. The van der Waals surface area contributed by atoms with Crippen LogP contribution in [0.15, 0.2) is 41.1 Å². The van der Waals surface area contributed by atoms with Gasteiger partial charge in [0.25, 0.3) is 0 Å². The Bertz CT molecular complexity index is 514. The smallest absolute Gasteiger partial charge is 0.238 e. The molecule has 6 heteroatoms. The van der Waals surface area contributed by atoms with E-state index in [1.807, 2.05) is 0 Å². The van der Waals surface area contributed by atoms with Gasteiger partial charge in [-0.2, -0.15) is 0 Å². The van der Waals surface area contributed by atoms with Crippen LogP contribution in [0.1, 0.15) is 5.76 Å². The lowest BCUT2D eigenvalue weighted by Crippen LogP contribution is -2.27. The third-order valence-electron chi connectivity index (χ3n) is 2.22. The predicted molar refractivity (Wildman–Crippen MR) is 63.2 cm³/mol. The van der Waals surface area contributed by atoms with Crippen molar-refractivity contribution in [1.82, 2.24) is 10.5 Å². The van der Waals surface area contributed by atoms with Crippen molar-refractivity contribution in [2.24, 2.45) is 0 Å². The lowest BCUT2D eigenvalue weighted by Gasteiger charge is -2.06. The van der Waals surface area contributed by atoms with Crippen molar-refractivity contribution in [3.05, 3.63) is 48.1 Å². The van der Waals surface area contributed by atoms with Crippen LogP contribution in [0.3, 0.4) is 0 Å². The minimum atomic E-state index is -0.457. The van der Waals surface area contributed by atoms with Crippen molar-refractivity contribution in [3.63, 3.8) is 0 Å². The van der Waals surface area contributed by atoms with Crippen molar-refractivity contribution < 1.29 is 13.7 Å². The van der Waals surface area contributed by atoms with E-state index in [2.05, 4.69) is 15.8 Å². The molecule has 2 rings (SSSR count). The zero-order chi connectivity index (χ0) is 12.8. The molecule has 1 aromatic carbocycles. The lowest BCUT2D eigenvalue weighted by molar-refractivity contribution is -0.115. The topological polar surface area (TPSA) is 67.2 Å². The fourth-order valence-corrected chi connectivity index (χ4v) is 1.39. The highest BCUT2D eigenvalue weighted by Crippen LogP contribution is 2.11. The lowest BCUT2D eigenvalue weighted by atomic mass is 10.3. The van der Waals surface area contributed by atoms with Crippen LogP contribution in [0.25, 0.3) is 0 Å². The molecular weight excluding hydrogens is 237 g/mol. The van der Waals surface area contributed by atoms with E-state index in [1.165, 1.54) is 18.3 Å². The van der Waals surface area contributed by atoms with E-state index < -0.39 is 5.82 Å². The molecule has 0 spiro atoms. The quantitative estimate of drug-likeness (QED) is 0.843. The number of nitrogens with one attached hydrogen (secondary N) is 2. The number of aromatic nitrogens is 1. The number of carbonyl (C=O) groups is 1. The van der Waals surface area contributed by atoms with Crippen LogP contribution < -0.4 is 10.6 Å². The molecule has 18 heavy (non-hydrogen) atoms. The molecule has 1 heterocycles. The number of amides is 1. The van der Waals surface area contributed by atoms with Crippen molar-refractivity contribution >= 4 is 11.6 Å². The van der Waals surface area contributed by atoms with Crippen molar-refractivity contribution in [3.8, 4) is 0 Å². The number of anilines is 1. The highest BCUT2D eigenvalue weighted by Gasteiger charge is 2.06. The van der Waals surface area contributed by atoms with Crippen molar-refractivity contribution in [2.45, 2.75) is 6.54 Å². The average Bonchev–Trinajstić information content (AvgIpc) is 2.85. The maximum atomic E-state index is 13.2. The maximum absolute atomic E-state index is 13.2. The monoisotopic (exact) mass is 249 g/mol. The highest BCUT2D eigenvalue weighted by atomic mass is 19.1. The Morgan fingerprint density at radius 1 is 1.33 bits per heavy atom. The summed E-state index contributed by atoms with van der Waals surface area (Å²) in [4.78, 5) is 11.5. The number of halogens is 1. The second-order valence-electron chi connectivity index (χ2n) is 3.61. The fraction of sp³-hybridized carbons (Fsp3) is 0.167. The van der Waals surface area contributed by atoms with E-state index in [9.17, 15) is 9.18 Å². The Labute approximate surface area is 103 Å². The van der Waals surface area contributed by atoms with Crippen LogP contribution in [0, 0.1) is 5.82 Å². The molecule has 0 aliphatic heterocycles. The molecule has 94 valence electrons. The van der Waals surface area contributed by atoms with Crippen molar-refractivity contribution in [1.29, 1.82) is 0 Å². The second kappa shape index (κ2) is 5.92. The van der Waals surface area contributed by atoms with Gasteiger partial charge in [0.1, 0.15) is 11.6 Å². The Balaban J connectivity index is 1.77. The Morgan fingerprint density at radius 3 is 2.89 bits per heavy atom. The molecule has 2 aromatic rings. The van der Waals surface area contributed by atoms with Gasteiger partial charge < -0.3 is 15.2 Å². The van der Waals surface area contributed by atoms with Crippen LogP contribution >= 0.6 is 0 Å². The fourth-order valence-electron chi connectivity index (χ4n) is 1.39. The molecule has 2 N–H and O–H groups in total. The molecule has 0 unspecified atom stereocenters. The second-order valence-corrected chi connectivity index (χ2v) is 3.61. The molecule has 0 aliphatic rings. The highest BCUT2D eigenvalue weighted by molar-refractivity contribution is 5.92. The third kappa shape index (κ3) is 3.39. The summed E-state index contributed by atoms with van der Waals surface area (Å²) in [5.74, 6) is -0.144. The summed E-state index contributed by atoms with van der Waals surface area (Å²) in [6, 6.07) is 7.71. The van der Waals surface area contributed by atoms with E-state index in [0.29, 0.717) is 12.3 Å². The van der Waals surface area contributed by atoms with Gasteiger partial charge in [0.2, 0.25) is 5.91 Å². The average molecular weight is 249 g/mol. The summed E-state index contributed by atoms with van der Waals surface area (Å²) in [6.07, 6.45) is 1.52. The van der Waals surface area contributed by atoms with Crippen LogP contribution in [0.4, 0.5) is 10.1 Å². The van der Waals surface area contributed by atoms with Crippen LogP contribution in [-0.2, 0) is 11.3 Å². The summed E-state index contributed by atoms with van der Waals surface area (Å²) < 4.78 is 18.1. The largest absolute Gasteiger partial charge is 0.360 e. The zero-order valence-corrected chi connectivity index (χ0v) is 9.52. The number of carbonyl (C=O) groups excluding carboxylic acids is 1. The van der Waals surface area contributed by atoms with E-state index in [1.54, 1.807) is 18.2 Å². The number of para-hydroxylation sites is 1. The number of hydrogen-bond donors (Lipinski definition) is 2. The first-order chi connectivity index (χ1) is 8.75. The van der Waals surface area contributed by atoms with Gasteiger partial charge in [0, 0.05) is 6.07 Å². The molecule has 0 atom stereocenters. The van der Waals surface area contributed by atoms with Gasteiger partial charge in [-0.05, 0) is 12.1 Å². The molecule has 0 saturated carbocycles. The van der Waals surface area contributed by atoms with E-state index in [0.717, 1.165) is 0 Å². The molecule has 1 amide bonds. The minimum absolute atomic E-state index is 0.0645. The molecule has 0 fully saturated rings. The van der Waals surface area contributed by atoms with Crippen LogP contribution in [0.2, 0.25) is 0 Å². The number of rotatable bonds is 5. The van der Waals surface area contributed by atoms with Gasteiger partial charge >= 0.3 is 0 Å². The molecular formula is C12H12FN3O2. The SMILES string of the molecule is O=C(CNCc1ccno1)Nc1ccccc1F. The molecule has 0 radical (unpaired) electrons. The zero-order valence-electron chi connectivity index (χ0n) is 9.52.